The fourth-order valence-electron chi connectivity index (χ4n) is 2.83. The maximum absolute atomic E-state index is 11.9. The molecule has 1 aliphatic rings. The van der Waals surface area contributed by atoms with Crippen LogP contribution in [0.4, 0.5) is 0 Å². The lowest BCUT2D eigenvalue weighted by Crippen LogP contribution is -2.36. The molecule has 1 N–H and O–H groups in total. The van der Waals surface area contributed by atoms with E-state index in [-0.39, 0.29) is 12.6 Å². The quantitative estimate of drug-likeness (QED) is 0.869. The minimum Gasteiger partial charge on any atom is -0.382 e. The van der Waals surface area contributed by atoms with Crippen molar-refractivity contribution in [1.29, 1.82) is 0 Å². The molecule has 4 heteroatoms. The van der Waals surface area contributed by atoms with Gasteiger partial charge in [-0.05, 0) is 43.2 Å². The molecule has 0 spiro atoms. The van der Waals surface area contributed by atoms with E-state index in [0.29, 0.717) is 12.3 Å². The van der Waals surface area contributed by atoms with E-state index in [1.54, 1.807) is 0 Å². The predicted octanol–water partition coefficient (Wildman–Crippen LogP) is 2.82. The van der Waals surface area contributed by atoms with Crippen molar-refractivity contribution in [3.05, 3.63) is 48.0 Å². The highest BCUT2D eigenvalue weighted by Gasteiger charge is 2.27. The molecule has 1 aliphatic carbocycles. The monoisotopic (exact) mass is 304 g/mol. The smallest absolute Gasteiger partial charge is 0.186 e. The van der Waals surface area contributed by atoms with Crippen molar-refractivity contribution in [3.8, 4) is 0 Å². The summed E-state index contributed by atoms with van der Waals surface area (Å²) in [6, 6.07) is 10.4. The zero-order valence-corrected chi connectivity index (χ0v) is 13.0. The number of aliphatic hydroxyl groups excluding tert-OH is 1. The Labute approximate surface area is 131 Å². The SMILES string of the molecule is COCOC1CCC(c2ccccc2)CCC=CC(=O)C1O. The molecular weight excluding hydrogens is 280 g/mol. The number of aliphatic hydroxyl groups is 1. The number of carbonyl (C=O) groups is 1. The van der Waals surface area contributed by atoms with Crippen LogP contribution in [-0.4, -0.2) is 37.0 Å². The Bertz CT molecular complexity index is 483. The average molecular weight is 304 g/mol. The molecule has 0 radical (unpaired) electrons. The summed E-state index contributed by atoms with van der Waals surface area (Å²) in [5.41, 5.74) is 1.29. The Morgan fingerprint density at radius 3 is 2.68 bits per heavy atom. The van der Waals surface area contributed by atoms with Gasteiger partial charge in [0, 0.05) is 7.11 Å². The molecule has 0 heterocycles. The summed E-state index contributed by atoms with van der Waals surface area (Å²) in [5.74, 6) is 0.110. The molecule has 2 rings (SSSR count). The highest BCUT2D eigenvalue weighted by Crippen LogP contribution is 2.29. The fraction of sp³-hybridized carbons (Fsp3) is 0.500. The molecule has 0 saturated heterocycles. The van der Waals surface area contributed by atoms with Gasteiger partial charge in [-0.15, -0.1) is 0 Å². The molecule has 0 aliphatic heterocycles. The second-order valence-corrected chi connectivity index (χ2v) is 5.62. The van der Waals surface area contributed by atoms with Gasteiger partial charge >= 0.3 is 0 Å². The van der Waals surface area contributed by atoms with Crippen molar-refractivity contribution in [2.75, 3.05) is 13.9 Å². The molecule has 22 heavy (non-hydrogen) atoms. The van der Waals surface area contributed by atoms with Crippen molar-refractivity contribution < 1.29 is 19.4 Å². The molecule has 1 aromatic rings. The summed E-state index contributed by atoms with van der Waals surface area (Å²) in [4.78, 5) is 11.9. The van der Waals surface area contributed by atoms with Crippen molar-refractivity contribution in [2.45, 2.75) is 43.8 Å². The second kappa shape index (κ2) is 8.83. The van der Waals surface area contributed by atoms with Gasteiger partial charge in [-0.3, -0.25) is 4.79 Å². The lowest BCUT2D eigenvalue weighted by atomic mass is 9.87. The largest absolute Gasteiger partial charge is 0.382 e. The van der Waals surface area contributed by atoms with Gasteiger partial charge in [0.15, 0.2) is 5.78 Å². The van der Waals surface area contributed by atoms with E-state index < -0.39 is 12.2 Å². The number of hydrogen-bond donors (Lipinski definition) is 1. The van der Waals surface area contributed by atoms with E-state index in [1.165, 1.54) is 18.7 Å². The molecule has 0 saturated carbocycles. The fourth-order valence-corrected chi connectivity index (χ4v) is 2.83. The molecule has 0 bridgehead atoms. The summed E-state index contributed by atoms with van der Waals surface area (Å²) >= 11 is 0. The molecule has 0 amide bonds. The minimum absolute atomic E-state index is 0.0781. The molecule has 3 unspecified atom stereocenters. The van der Waals surface area contributed by atoms with Gasteiger partial charge < -0.3 is 14.6 Å². The van der Waals surface area contributed by atoms with E-state index in [1.807, 2.05) is 24.3 Å². The molecule has 3 atom stereocenters. The van der Waals surface area contributed by atoms with E-state index in [2.05, 4.69) is 12.1 Å². The highest BCUT2D eigenvalue weighted by molar-refractivity contribution is 5.93. The van der Waals surface area contributed by atoms with Crippen LogP contribution in [-0.2, 0) is 14.3 Å². The average Bonchev–Trinajstić information content (AvgIpc) is 2.56. The van der Waals surface area contributed by atoms with Crippen LogP contribution in [0.1, 0.15) is 37.2 Å². The zero-order valence-electron chi connectivity index (χ0n) is 13.0. The first kappa shape index (κ1) is 16.9. The molecule has 0 fully saturated rings. The Hall–Kier alpha value is -1.49. The molecular formula is C18H24O4. The Morgan fingerprint density at radius 1 is 1.18 bits per heavy atom. The number of allylic oxidation sites excluding steroid dienone is 1. The van der Waals surface area contributed by atoms with Crippen molar-refractivity contribution in [1.82, 2.24) is 0 Å². The van der Waals surface area contributed by atoms with Crippen LogP contribution >= 0.6 is 0 Å². The number of methoxy groups -OCH3 is 1. The number of carbonyl (C=O) groups excluding carboxylic acids is 1. The maximum Gasteiger partial charge on any atom is 0.186 e. The molecule has 0 aromatic heterocycles. The van der Waals surface area contributed by atoms with Gasteiger partial charge in [-0.2, -0.15) is 0 Å². The summed E-state index contributed by atoms with van der Waals surface area (Å²) in [6.45, 7) is 0.0781. The number of rotatable bonds is 4. The van der Waals surface area contributed by atoms with E-state index >= 15 is 0 Å². The predicted molar refractivity (Wildman–Crippen MR) is 84.6 cm³/mol. The van der Waals surface area contributed by atoms with Crippen LogP contribution in [0.3, 0.4) is 0 Å². The molecule has 120 valence electrons. The zero-order chi connectivity index (χ0) is 15.8. The van der Waals surface area contributed by atoms with Crippen LogP contribution in [0.5, 0.6) is 0 Å². The van der Waals surface area contributed by atoms with Gasteiger partial charge in [0.25, 0.3) is 0 Å². The Balaban J connectivity index is 2.12. The second-order valence-electron chi connectivity index (χ2n) is 5.62. The van der Waals surface area contributed by atoms with Crippen LogP contribution in [0.15, 0.2) is 42.5 Å². The maximum atomic E-state index is 11.9. The lowest BCUT2D eigenvalue weighted by Gasteiger charge is -2.25. The van der Waals surface area contributed by atoms with Crippen molar-refractivity contribution >= 4 is 5.78 Å². The van der Waals surface area contributed by atoms with Crippen LogP contribution in [0, 0.1) is 0 Å². The number of ketones is 1. The number of hydrogen-bond acceptors (Lipinski definition) is 4. The lowest BCUT2D eigenvalue weighted by molar-refractivity contribution is -0.142. The third kappa shape index (κ3) is 4.77. The first-order valence-corrected chi connectivity index (χ1v) is 7.76. The van der Waals surface area contributed by atoms with E-state index in [0.717, 1.165) is 19.3 Å². The Morgan fingerprint density at radius 2 is 1.95 bits per heavy atom. The van der Waals surface area contributed by atoms with Gasteiger partial charge in [0.2, 0.25) is 0 Å². The number of benzene rings is 1. The van der Waals surface area contributed by atoms with Crippen LogP contribution in [0.25, 0.3) is 0 Å². The summed E-state index contributed by atoms with van der Waals surface area (Å²) in [6.07, 6.45) is 4.99. The first-order chi connectivity index (χ1) is 10.7. The summed E-state index contributed by atoms with van der Waals surface area (Å²) in [5, 5.41) is 10.2. The van der Waals surface area contributed by atoms with E-state index in [9.17, 15) is 9.90 Å². The number of ether oxygens (including phenoxy) is 2. The van der Waals surface area contributed by atoms with Crippen molar-refractivity contribution in [3.63, 3.8) is 0 Å². The molecule has 1 aromatic carbocycles. The van der Waals surface area contributed by atoms with Crippen LogP contribution < -0.4 is 0 Å². The van der Waals surface area contributed by atoms with Crippen molar-refractivity contribution in [2.24, 2.45) is 0 Å². The third-order valence-corrected chi connectivity index (χ3v) is 4.08. The minimum atomic E-state index is -1.12. The van der Waals surface area contributed by atoms with Crippen LogP contribution in [0.2, 0.25) is 0 Å². The standard InChI is InChI=1S/C18H24O4/c1-21-13-22-17-12-11-15(14-7-3-2-4-8-14)9-5-6-10-16(19)18(17)20/h2-4,6-8,10,15,17-18,20H,5,9,11-13H2,1H3. The highest BCUT2D eigenvalue weighted by atomic mass is 16.7. The van der Waals surface area contributed by atoms with Gasteiger partial charge in [-0.25, -0.2) is 0 Å². The summed E-state index contributed by atoms with van der Waals surface area (Å²) < 4.78 is 10.4. The molecule has 4 nitrogen and oxygen atoms in total. The topological polar surface area (TPSA) is 55.8 Å². The van der Waals surface area contributed by atoms with Gasteiger partial charge in [-0.1, -0.05) is 36.4 Å². The van der Waals surface area contributed by atoms with E-state index in [4.69, 9.17) is 9.47 Å². The third-order valence-electron chi connectivity index (χ3n) is 4.08. The normalized spacial score (nSPS) is 26.8. The first-order valence-electron chi connectivity index (χ1n) is 7.76. The van der Waals surface area contributed by atoms with Gasteiger partial charge in [0.05, 0.1) is 6.10 Å². The van der Waals surface area contributed by atoms with Gasteiger partial charge in [0.1, 0.15) is 12.9 Å². The summed E-state index contributed by atoms with van der Waals surface area (Å²) in [7, 11) is 1.53. The Kier molecular flexibility index (Phi) is 6.77.